The summed E-state index contributed by atoms with van der Waals surface area (Å²) >= 11 is 0. The monoisotopic (exact) mass is 332 g/mol. The summed E-state index contributed by atoms with van der Waals surface area (Å²) in [5.74, 6) is 0.0299. The van der Waals surface area contributed by atoms with Crippen LogP contribution in [0.5, 0.6) is 0 Å². The lowest BCUT2D eigenvalue weighted by molar-refractivity contribution is 0.101. The minimum atomic E-state index is -0.523. The molecule has 1 aromatic carbocycles. The van der Waals surface area contributed by atoms with E-state index in [2.05, 4.69) is 10.4 Å². The number of nitrogens with one attached hydrogen (secondary N) is 1. The molecule has 0 unspecified atom stereocenters. The predicted octanol–water partition coefficient (Wildman–Crippen LogP) is 2.23. The van der Waals surface area contributed by atoms with Gasteiger partial charge in [0.05, 0.1) is 5.56 Å². The van der Waals surface area contributed by atoms with Crippen LogP contribution in [0.15, 0.2) is 23.0 Å². The number of Topliss-reactive ketones (excluding diaryl/α,β-unsaturated/α-hetero) is 1. The third-order valence-electron chi connectivity index (χ3n) is 4.26. The number of fused-ring (bicyclic) bond motifs is 1. The first-order valence-electron chi connectivity index (χ1n) is 8.28. The normalized spacial score (nSPS) is 13.6. The van der Waals surface area contributed by atoms with E-state index < -0.39 is 5.82 Å². The van der Waals surface area contributed by atoms with Gasteiger partial charge in [0.1, 0.15) is 11.6 Å². The molecule has 6 nitrogen and oxygen atoms in total. The number of ketones is 1. The molecule has 128 valence electrons. The van der Waals surface area contributed by atoms with Crippen molar-refractivity contribution in [2.75, 3.05) is 11.9 Å². The molecule has 0 radical (unpaired) electrons. The fourth-order valence-corrected chi connectivity index (χ4v) is 3.08. The van der Waals surface area contributed by atoms with Crippen molar-refractivity contribution in [3.8, 4) is 0 Å². The molecule has 1 aliphatic rings. The molecule has 24 heavy (non-hydrogen) atoms. The first-order valence-corrected chi connectivity index (χ1v) is 8.28. The second-order valence-electron chi connectivity index (χ2n) is 6.03. The van der Waals surface area contributed by atoms with E-state index in [1.54, 1.807) is 16.7 Å². The van der Waals surface area contributed by atoms with Crippen molar-refractivity contribution in [3.63, 3.8) is 0 Å². The van der Waals surface area contributed by atoms with E-state index in [0.717, 1.165) is 31.6 Å². The van der Waals surface area contributed by atoms with Gasteiger partial charge in [-0.25, -0.2) is 13.9 Å². The van der Waals surface area contributed by atoms with Crippen LogP contribution in [0.3, 0.4) is 0 Å². The number of rotatable bonds is 6. The summed E-state index contributed by atoms with van der Waals surface area (Å²) in [5.41, 5.74) is 0.506. The maximum absolute atomic E-state index is 13.7. The maximum atomic E-state index is 13.7. The fourth-order valence-electron chi connectivity index (χ4n) is 3.08. The summed E-state index contributed by atoms with van der Waals surface area (Å²) in [5, 5.41) is 7.46. The van der Waals surface area contributed by atoms with E-state index in [-0.39, 0.29) is 17.0 Å². The molecule has 0 bridgehead atoms. The Kier molecular flexibility index (Phi) is 4.78. The number of nitrogens with zero attached hydrogens (tertiary/aromatic N) is 3. The Morgan fingerprint density at radius 1 is 1.38 bits per heavy atom. The van der Waals surface area contributed by atoms with Crippen LogP contribution in [0.1, 0.15) is 42.4 Å². The van der Waals surface area contributed by atoms with Gasteiger partial charge in [0.15, 0.2) is 5.78 Å². The fraction of sp³-hybridized carbons (Fsp3) is 0.471. The minimum absolute atomic E-state index is 0.0557. The van der Waals surface area contributed by atoms with Gasteiger partial charge in [0, 0.05) is 31.7 Å². The van der Waals surface area contributed by atoms with Crippen molar-refractivity contribution in [1.82, 2.24) is 14.3 Å². The van der Waals surface area contributed by atoms with Crippen LogP contribution in [0.25, 0.3) is 0 Å². The molecule has 0 aliphatic carbocycles. The van der Waals surface area contributed by atoms with Gasteiger partial charge in [-0.3, -0.25) is 9.36 Å². The minimum Gasteiger partial charge on any atom is -0.384 e. The van der Waals surface area contributed by atoms with Crippen LogP contribution >= 0.6 is 0 Å². The Morgan fingerprint density at radius 2 is 2.21 bits per heavy atom. The second kappa shape index (κ2) is 6.98. The van der Waals surface area contributed by atoms with Crippen LogP contribution < -0.4 is 11.0 Å². The van der Waals surface area contributed by atoms with Crippen LogP contribution in [0.4, 0.5) is 10.1 Å². The Balaban J connectivity index is 1.61. The molecular weight excluding hydrogens is 311 g/mol. The lowest BCUT2D eigenvalue weighted by Gasteiger charge is -2.10. The van der Waals surface area contributed by atoms with Gasteiger partial charge < -0.3 is 5.32 Å². The molecular formula is C17H21FN4O2. The number of halogens is 1. The molecule has 0 saturated heterocycles. The smallest absolute Gasteiger partial charge is 0.345 e. The van der Waals surface area contributed by atoms with Gasteiger partial charge in [0.25, 0.3) is 0 Å². The zero-order valence-electron chi connectivity index (χ0n) is 13.7. The number of anilines is 1. The van der Waals surface area contributed by atoms with Crippen LogP contribution in [-0.2, 0) is 19.5 Å². The molecule has 0 fully saturated rings. The van der Waals surface area contributed by atoms with Crippen molar-refractivity contribution in [1.29, 1.82) is 0 Å². The summed E-state index contributed by atoms with van der Waals surface area (Å²) < 4.78 is 17.0. The van der Waals surface area contributed by atoms with Gasteiger partial charge in [-0.2, -0.15) is 5.10 Å². The maximum Gasteiger partial charge on any atom is 0.345 e. The predicted molar refractivity (Wildman–Crippen MR) is 88.9 cm³/mol. The van der Waals surface area contributed by atoms with E-state index in [9.17, 15) is 14.0 Å². The van der Waals surface area contributed by atoms with Crippen LogP contribution in [0.2, 0.25) is 0 Å². The van der Waals surface area contributed by atoms with Gasteiger partial charge >= 0.3 is 5.69 Å². The Labute approximate surface area is 139 Å². The van der Waals surface area contributed by atoms with Crippen molar-refractivity contribution in [3.05, 3.63) is 45.9 Å². The molecule has 3 rings (SSSR count). The molecule has 7 heteroatoms. The van der Waals surface area contributed by atoms with Crippen LogP contribution in [0, 0.1) is 5.82 Å². The Bertz CT molecular complexity index is 809. The molecule has 2 aromatic rings. The average Bonchev–Trinajstić information content (AvgIpc) is 2.88. The summed E-state index contributed by atoms with van der Waals surface area (Å²) in [6.07, 6.45) is 3.61. The number of carbonyl (C=O) groups is 1. The molecule has 1 aliphatic heterocycles. The zero-order chi connectivity index (χ0) is 17.1. The number of benzene rings is 1. The zero-order valence-corrected chi connectivity index (χ0v) is 13.7. The number of aryl methyl sites for hydroxylation is 2. The largest absolute Gasteiger partial charge is 0.384 e. The number of carbonyl (C=O) groups excluding carboxylic acids is 1. The summed E-state index contributed by atoms with van der Waals surface area (Å²) in [6, 6.07) is 4.52. The number of hydrogen-bond donors (Lipinski definition) is 1. The summed E-state index contributed by atoms with van der Waals surface area (Å²) in [7, 11) is 0. The number of aromatic nitrogens is 3. The highest BCUT2D eigenvalue weighted by molar-refractivity contribution is 5.99. The first kappa shape index (κ1) is 16.4. The van der Waals surface area contributed by atoms with Crippen molar-refractivity contribution in [2.45, 2.75) is 45.7 Å². The molecule has 0 atom stereocenters. The third-order valence-corrected chi connectivity index (χ3v) is 4.26. The summed E-state index contributed by atoms with van der Waals surface area (Å²) in [4.78, 5) is 23.8. The Hall–Kier alpha value is -2.44. The van der Waals surface area contributed by atoms with Crippen molar-refractivity contribution in [2.24, 2.45) is 0 Å². The quantitative estimate of drug-likeness (QED) is 0.650. The van der Waals surface area contributed by atoms with E-state index in [1.165, 1.54) is 17.7 Å². The highest BCUT2D eigenvalue weighted by atomic mass is 19.1. The highest BCUT2D eigenvalue weighted by Crippen LogP contribution is 2.19. The SMILES string of the molecule is CC(=O)c1c(F)cccc1NCCCn1nc2n(c1=O)CCCC2. The first-order chi connectivity index (χ1) is 11.6. The lowest BCUT2D eigenvalue weighted by atomic mass is 10.1. The molecule has 1 aromatic heterocycles. The van der Waals surface area contributed by atoms with E-state index in [0.29, 0.717) is 25.2 Å². The van der Waals surface area contributed by atoms with Crippen molar-refractivity contribution < 1.29 is 9.18 Å². The molecule has 0 amide bonds. The third kappa shape index (κ3) is 3.25. The lowest BCUT2D eigenvalue weighted by Crippen LogP contribution is -2.27. The Morgan fingerprint density at radius 3 is 2.96 bits per heavy atom. The van der Waals surface area contributed by atoms with E-state index in [1.807, 2.05) is 0 Å². The topological polar surface area (TPSA) is 68.9 Å². The standard InChI is InChI=1S/C17H21FN4O2/c1-12(23)16-13(18)6-4-7-14(16)19-9-5-11-22-17(24)21-10-3-2-8-15(21)20-22/h4,6-7,19H,2-3,5,8-11H2,1H3. The molecule has 0 spiro atoms. The van der Waals surface area contributed by atoms with Gasteiger partial charge in [-0.1, -0.05) is 6.07 Å². The summed E-state index contributed by atoms with van der Waals surface area (Å²) in [6.45, 7) is 3.12. The number of hydrogen-bond acceptors (Lipinski definition) is 4. The van der Waals surface area contributed by atoms with E-state index in [4.69, 9.17) is 0 Å². The van der Waals surface area contributed by atoms with Gasteiger partial charge in [-0.15, -0.1) is 0 Å². The van der Waals surface area contributed by atoms with Crippen molar-refractivity contribution >= 4 is 11.5 Å². The average molecular weight is 332 g/mol. The highest BCUT2D eigenvalue weighted by Gasteiger charge is 2.16. The van der Waals surface area contributed by atoms with Gasteiger partial charge in [-0.05, 0) is 38.3 Å². The van der Waals surface area contributed by atoms with E-state index >= 15 is 0 Å². The molecule has 1 N–H and O–H groups in total. The molecule has 2 heterocycles. The second-order valence-corrected chi connectivity index (χ2v) is 6.03. The van der Waals surface area contributed by atoms with Crippen LogP contribution in [-0.4, -0.2) is 26.7 Å². The van der Waals surface area contributed by atoms with Gasteiger partial charge in [0.2, 0.25) is 0 Å². The molecule has 0 saturated carbocycles.